The van der Waals surface area contributed by atoms with Crippen molar-refractivity contribution in [3.05, 3.63) is 17.5 Å². The van der Waals surface area contributed by atoms with Crippen molar-refractivity contribution in [3.63, 3.8) is 0 Å². The fraction of sp³-hybridized carbons (Fsp3) is 0.700. The van der Waals surface area contributed by atoms with Crippen LogP contribution in [0.25, 0.3) is 0 Å². The summed E-state index contributed by atoms with van der Waals surface area (Å²) < 4.78 is 12.5. The van der Waals surface area contributed by atoms with Gasteiger partial charge in [0.15, 0.2) is 6.29 Å². The van der Waals surface area contributed by atoms with E-state index in [4.69, 9.17) is 15.2 Å². The van der Waals surface area contributed by atoms with E-state index in [1.54, 1.807) is 4.68 Å². The molecule has 15 heavy (non-hydrogen) atoms. The zero-order valence-electron chi connectivity index (χ0n) is 9.14. The van der Waals surface area contributed by atoms with Crippen molar-refractivity contribution in [1.29, 1.82) is 0 Å². The molecule has 1 atom stereocenters. The molecule has 1 aromatic rings. The molecule has 1 aliphatic heterocycles. The minimum absolute atomic E-state index is 0.0678. The largest absolute Gasteiger partial charge is 0.350 e. The summed E-state index contributed by atoms with van der Waals surface area (Å²) in [6, 6.07) is -0.0678. The molecule has 0 bridgehead atoms. The number of aromatic nitrogens is 2. The van der Waals surface area contributed by atoms with Gasteiger partial charge in [-0.05, 0) is 6.92 Å². The molecule has 84 valence electrons. The fourth-order valence-electron chi connectivity index (χ4n) is 1.86. The molecule has 2 heterocycles. The molecule has 0 aliphatic carbocycles. The van der Waals surface area contributed by atoms with E-state index in [0.29, 0.717) is 19.6 Å². The molecule has 5 nitrogen and oxygen atoms in total. The smallest absolute Gasteiger partial charge is 0.159 e. The topological polar surface area (TPSA) is 62.3 Å². The molecule has 2 N–H and O–H groups in total. The van der Waals surface area contributed by atoms with Crippen LogP contribution in [0.2, 0.25) is 0 Å². The second-order valence-corrected chi connectivity index (χ2v) is 3.86. The molecular formula is C10H17N3O2. The lowest BCUT2D eigenvalue weighted by atomic mass is 10.1. The minimum atomic E-state index is -0.153. The Morgan fingerprint density at radius 1 is 1.60 bits per heavy atom. The van der Waals surface area contributed by atoms with E-state index in [0.717, 1.165) is 11.3 Å². The van der Waals surface area contributed by atoms with Crippen molar-refractivity contribution >= 4 is 0 Å². The van der Waals surface area contributed by atoms with Gasteiger partial charge in [-0.15, -0.1) is 0 Å². The molecule has 1 aliphatic rings. The molecule has 5 heteroatoms. The first kappa shape index (κ1) is 10.6. The third kappa shape index (κ3) is 2.37. The van der Waals surface area contributed by atoms with Crippen molar-refractivity contribution in [3.8, 4) is 0 Å². The third-order valence-corrected chi connectivity index (χ3v) is 2.59. The molecule has 0 saturated carbocycles. The van der Waals surface area contributed by atoms with Gasteiger partial charge in [0.25, 0.3) is 0 Å². The highest BCUT2D eigenvalue weighted by Crippen LogP contribution is 2.21. The lowest BCUT2D eigenvalue weighted by molar-refractivity contribution is -0.0508. The molecule has 0 amide bonds. The zero-order chi connectivity index (χ0) is 10.8. The lowest BCUT2D eigenvalue weighted by Gasteiger charge is -2.14. The van der Waals surface area contributed by atoms with Gasteiger partial charge in [0.2, 0.25) is 0 Å². The zero-order valence-corrected chi connectivity index (χ0v) is 9.14. The average molecular weight is 211 g/mol. The normalized spacial score (nSPS) is 19.7. The predicted molar refractivity (Wildman–Crippen MR) is 55.2 cm³/mol. The summed E-state index contributed by atoms with van der Waals surface area (Å²) in [5.74, 6) is 0. The standard InChI is InChI=1S/C10H17N3O2/c1-7-8(6-13(2)12-7)9(11)5-10-14-3-4-15-10/h6,9-10H,3-5,11H2,1-2H3. The lowest BCUT2D eigenvalue weighted by Crippen LogP contribution is -2.19. The molecule has 0 spiro atoms. The van der Waals surface area contributed by atoms with Crippen LogP contribution in [0.15, 0.2) is 6.20 Å². The first-order valence-electron chi connectivity index (χ1n) is 5.15. The summed E-state index contributed by atoms with van der Waals surface area (Å²) in [6.07, 6.45) is 2.49. The summed E-state index contributed by atoms with van der Waals surface area (Å²) >= 11 is 0. The van der Waals surface area contributed by atoms with Crippen LogP contribution in [0, 0.1) is 6.92 Å². The second-order valence-electron chi connectivity index (χ2n) is 3.86. The third-order valence-electron chi connectivity index (χ3n) is 2.59. The number of aryl methyl sites for hydroxylation is 2. The quantitative estimate of drug-likeness (QED) is 0.790. The van der Waals surface area contributed by atoms with Crippen LogP contribution < -0.4 is 5.73 Å². The van der Waals surface area contributed by atoms with Crippen molar-refractivity contribution < 1.29 is 9.47 Å². The van der Waals surface area contributed by atoms with Gasteiger partial charge < -0.3 is 15.2 Å². The van der Waals surface area contributed by atoms with E-state index in [1.165, 1.54) is 0 Å². The fourth-order valence-corrected chi connectivity index (χ4v) is 1.86. The predicted octanol–water partition coefficient (Wildman–Crippen LogP) is 0.491. The second kappa shape index (κ2) is 4.30. The molecule has 1 fully saturated rings. The van der Waals surface area contributed by atoms with E-state index in [9.17, 15) is 0 Å². The van der Waals surface area contributed by atoms with Crippen LogP contribution in [0.1, 0.15) is 23.7 Å². The van der Waals surface area contributed by atoms with Gasteiger partial charge in [0, 0.05) is 31.3 Å². The number of nitrogens with two attached hydrogens (primary N) is 1. The van der Waals surface area contributed by atoms with Gasteiger partial charge in [-0.1, -0.05) is 0 Å². The summed E-state index contributed by atoms with van der Waals surface area (Å²) in [5.41, 5.74) is 8.12. The maximum absolute atomic E-state index is 6.08. The Bertz CT molecular complexity index is 331. The summed E-state index contributed by atoms with van der Waals surface area (Å²) in [5, 5.41) is 4.26. The Morgan fingerprint density at radius 3 is 2.80 bits per heavy atom. The Hall–Kier alpha value is -0.910. The molecule has 0 radical (unpaired) electrons. The monoisotopic (exact) mass is 211 g/mol. The highest BCUT2D eigenvalue weighted by molar-refractivity contribution is 5.19. The van der Waals surface area contributed by atoms with Gasteiger partial charge >= 0.3 is 0 Å². The molecule has 1 unspecified atom stereocenters. The number of hydrogen-bond donors (Lipinski definition) is 1. The van der Waals surface area contributed by atoms with Crippen LogP contribution in [-0.4, -0.2) is 29.3 Å². The van der Waals surface area contributed by atoms with E-state index in [-0.39, 0.29) is 12.3 Å². The maximum Gasteiger partial charge on any atom is 0.159 e. The van der Waals surface area contributed by atoms with Gasteiger partial charge in [-0.2, -0.15) is 5.10 Å². The Morgan fingerprint density at radius 2 is 2.27 bits per heavy atom. The van der Waals surface area contributed by atoms with Crippen molar-refractivity contribution in [2.24, 2.45) is 12.8 Å². The SMILES string of the molecule is Cc1nn(C)cc1C(N)CC1OCCO1. The van der Waals surface area contributed by atoms with Gasteiger partial charge in [0.1, 0.15) is 0 Å². The Balaban J connectivity index is 2.00. The van der Waals surface area contributed by atoms with E-state index >= 15 is 0 Å². The minimum Gasteiger partial charge on any atom is -0.350 e. The van der Waals surface area contributed by atoms with Crippen LogP contribution in [0.3, 0.4) is 0 Å². The maximum atomic E-state index is 6.08. The van der Waals surface area contributed by atoms with E-state index in [1.807, 2.05) is 20.2 Å². The van der Waals surface area contributed by atoms with Crippen LogP contribution in [-0.2, 0) is 16.5 Å². The van der Waals surface area contributed by atoms with E-state index < -0.39 is 0 Å². The number of hydrogen-bond acceptors (Lipinski definition) is 4. The number of rotatable bonds is 3. The summed E-state index contributed by atoms with van der Waals surface area (Å²) in [4.78, 5) is 0. The Kier molecular flexibility index (Phi) is 3.04. The molecule has 0 aromatic carbocycles. The summed E-state index contributed by atoms with van der Waals surface area (Å²) in [6.45, 7) is 3.30. The van der Waals surface area contributed by atoms with Crippen LogP contribution in [0.4, 0.5) is 0 Å². The molecular weight excluding hydrogens is 194 g/mol. The van der Waals surface area contributed by atoms with Gasteiger partial charge in [-0.25, -0.2) is 0 Å². The van der Waals surface area contributed by atoms with Gasteiger partial charge in [-0.3, -0.25) is 4.68 Å². The van der Waals surface area contributed by atoms with Crippen molar-refractivity contribution in [2.75, 3.05) is 13.2 Å². The van der Waals surface area contributed by atoms with Crippen LogP contribution in [0.5, 0.6) is 0 Å². The van der Waals surface area contributed by atoms with Crippen molar-refractivity contribution in [1.82, 2.24) is 9.78 Å². The number of ether oxygens (including phenoxy) is 2. The highest BCUT2D eigenvalue weighted by atomic mass is 16.7. The van der Waals surface area contributed by atoms with E-state index in [2.05, 4.69) is 5.10 Å². The molecule has 2 rings (SSSR count). The van der Waals surface area contributed by atoms with Crippen LogP contribution >= 0.6 is 0 Å². The average Bonchev–Trinajstić information content (AvgIpc) is 2.75. The molecule has 1 saturated heterocycles. The first-order valence-corrected chi connectivity index (χ1v) is 5.15. The highest BCUT2D eigenvalue weighted by Gasteiger charge is 2.22. The van der Waals surface area contributed by atoms with Crippen molar-refractivity contribution in [2.45, 2.75) is 25.7 Å². The van der Waals surface area contributed by atoms with Gasteiger partial charge in [0.05, 0.1) is 18.9 Å². The Labute approximate surface area is 89.2 Å². The molecule has 1 aromatic heterocycles. The summed E-state index contributed by atoms with van der Waals surface area (Å²) in [7, 11) is 1.89. The number of nitrogens with zero attached hydrogens (tertiary/aromatic N) is 2. The first-order chi connectivity index (χ1) is 7.16.